The van der Waals surface area contributed by atoms with Crippen LogP contribution in [0.4, 0.5) is 0 Å². The van der Waals surface area contributed by atoms with E-state index < -0.39 is 27.8 Å². The number of sulfonamides is 1. The SMILES string of the molecule is COC(=O)CS(=O)(=O)N(C)C(C)CC#N. The Labute approximate surface area is 89.5 Å². The molecule has 86 valence electrons. The standard InChI is InChI=1S/C8H14N2O4S/c1-7(4-5-9)10(2)15(12,13)6-8(11)14-3/h7H,4,6H2,1-3H3. The van der Waals surface area contributed by atoms with Crippen molar-refractivity contribution in [2.75, 3.05) is 19.9 Å². The van der Waals surface area contributed by atoms with Gasteiger partial charge in [0, 0.05) is 13.1 Å². The van der Waals surface area contributed by atoms with Crippen LogP contribution in [0.15, 0.2) is 0 Å². The Morgan fingerprint density at radius 1 is 1.60 bits per heavy atom. The van der Waals surface area contributed by atoms with E-state index >= 15 is 0 Å². The molecule has 0 radical (unpaired) electrons. The summed E-state index contributed by atoms with van der Waals surface area (Å²) in [6.07, 6.45) is 0.0803. The van der Waals surface area contributed by atoms with Crippen molar-refractivity contribution in [3.63, 3.8) is 0 Å². The molecule has 0 aromatic carbocycles. The quantitative estimate of drug-likeness (QED) is 0.611. The van der Waals surface area contributed by atoms with Gasteiger partial charge >= 0.3 is 5.97 Å². The molecule has 0 aromatic rings. The highest BCUT2D eigenvalue weighted by atomic mass is 32.2. The van der Waals surface area contributed by atoms with Gasteiger partial charge in [0.15, 0.2) is 5.75 Å². The highest BCUT2D eigenvalue weighted by Gasteiger charge is 2.26. The predicted molar refractivity (Wildman–Crippen MR) is 53.3 cm³/mol. The van der Waals surface area contributed by atoms with Crippen molar-refractivity contribution in [2.24, 2.45) is 0 Å². The summed E-state index contributed by atoms with van der Waals surface area (Å²) in [6, 6.07) is 1.41. The normalized spacial score (nSPS) is 13.3. The van der Waals surface area contributed by atoms with Crippen LogP contribution in [-0.4, -0.2) is 44.6 Å². The summed E-state index contributed by atoms with van der Waals surface area (Å²) in [4.78, 5) is 10.8. The minimum absolute atomic E-state index is 0.0803. The van der Waals surface area contributed by atoms with Gasteiger partial charge in [-0.2, -0.15) is 5.26 Å². The molecule has 0 aliphatic heterocycles. The number of carbonyl (C=O) groups excluding carboxylic acids is 1. The highest BCUT2D eigenvalue weighted by molar-refractivity contribution is 7.89. The molecule has 0 bridgehead atoms. The molecule has 0 amide bonds. The maximum absolute atomic E-state index is 11.5. The zero-order valence-electron chi connectivity index (χ0n) is 8.93. The summed E-state index contributed by atoms with van der Waals surface area (Å²) in [5.74, 6) is -1.51. The lowest BCUT2D eigenvalue weighted by Gasteiger charge is -2.21. The van der Waals surface area contributed by atoms with Crippen LogP contribution in [0.3, 0.4) is 0 Å². The van der Waals surface area contributed by atoms with Crippen LogP contribution in [-0.2, 0) is 19.6 Å². The van der Waals surface area contributed by atoms with E-state index in [4.69, 9.17) is 5.26 Å². The van der Waals surface area contributed by atoms with Gasteiger partial charge in [0.1, 0.15) is 0 Å². The van der Waals surface area contributed by atoms with E-state index in [1.165, 1.54) is 7.05 Å². The van der Waals surface area contributed by atoms with Gasteiger partial charge in [-0.3, -0.25) is 4.79 Å². The third-order valence-corrected chi connectivity index (χ3v) is 3.81. The number of rotatable bonds is 5. The summed E-state index contributed by atoms with van der Waals surface area (Å²) in [5, 5.41) is 8.42. The first-order valence-corrected chi connectivity index (χ1v) is 5.85. The number of methoxy groups -OCH3 is 1. The summed E-state index contributed by atoms with van der Waals surface area (Å²) in [6.45, 7) is 1.60. The molecule has 0 saturated heterocycles. The fourth-order valence-corrected chi connectivity index (χ4v) is 2.09. The predicted octanol–water partition coefficient (Wildman–Crippen LogP) is -0.277. The topological polar surface area (TPSA) is 87.5 Å². The zero-order chi connectivity index (χ0) is 12.1. The smallest absolute Gasteiger partial charge is 0.322 e. The molecule has 0 N–H and O–H groups in total. The van der Waals surface area contributed by atoms with Gasteiger partial charge in [-0.1, -0.05) is 0 Å². The van der Waals surface area contributed by atoms with Crippen molar-refractivity contribution in [2.45, 2.75) is 19.4 Å². The van der Waals surface area contributed by atoms with Crippen molar-refractivity contribution in [3.8, 4) is 6.07 Å². The van der Waals surface area contributed by atoms with Crippen LogP contribution in [0, 0.1) is 11.3 Å². The van der Waals surface area contributed by atoms with E-state index in [1.807, 2.05) is 6.07 Å². The fourth-order valence-electron chi connectivity index (χ4n) is 0.845. The lowest BCUT2D eigenvalue weighted by Crippen LogP contribution is -2.38. The lowest BCUT2D eigenvalue weighted by atomic mass is 10.3. The molecule has 0 aliphatic carbocycles. The van der Waals surface area contributed by atoms with Gasteiger partial charge < -0.3 is 4.74 Å². The third kappa shape index (κ3) is 4.27. The monoisotopic (exact) mass is 234 g/mol. The summed E-state index contributed by atoms with van der Waals surface area (Å²) in [5.41, 5.74) is 0. The molecular weight excluding hydrogens is 220 g/mol. The maximum Gasteiger partial charge on any atom is 0.322 e. The van der Waals surface area contributed by atoms with Gasteiger partial charge in [0.25, 0.3) is 0 Å². The Hall–Kier alpha value is -1.13. The van der Waals surface area contributed by atoms with Gasteiger partial charge in [-0.15, -0.1) is 0 Å². The molecule has 15 heavy (non-hydrogen) atoms. The third-order valence-electron chi connectivity index (χ3n) is 1.97. The molecule has 0 heterocycles. The van der Waals surface area contributed by atoms with Crippen molar-refractivity contribution in [1.82, 2.24) is 4.31 Å². The Kier molecular flexibility index (Phi) is 5.25. The van der Waals surface area contributed by atoms with Crippen molar-refractivity contribution in [3.05, 3.63) is 0 Å². The fraction of sp³-hybridized carbons (Fsp3) is 0.750. The Bertz CT molecular complexity index is 357. The molecule has 0 spiro atoms. The number of hydrogen-bond acceptors (Lipinski definition) is 5. The number of hydrogen-bond donors (Lipinski definition) is 0. The number of ether oxygens (including phenoxy) is 1. The van der Waals surface area contributed by atoms with Gasteiger partial charge in [-0.25, -0.2) is 12.7 Å². The summed E-state index contributed by atoms with van der Waals surface area (Å²) in [7, 11) is -1.23. The van der Waals surface area contributed by atoms with Crippen molar-refractivity contribution in [1.29, 1.82) is 5.26 Å². The second-order valence-electron chi connectivity index (χ2n) is 3.06. The van der Waals surface area contributed by atoms with Crippen LogP contribution in [0.25, 0.3) is 0 Å². The minimum atomic E-state index is -3.69. The molecule has 0 rings (SSSR count). The Morgan fingerprint density at radius 3 is 2.53 bits per heavy atom. The van der Waals surface area contributed by atoms with Crippen LogP contribution in [0.5, 0.6) is 0 Å². The molecule has 7 heteroatoms. The molecular formula is C8H14N2O4S. The first kappa shape index (κ1) is 13.9. The largest absolute Gasteiger partial charge is 0.468 e. The summed E-state index contributed by atoms with van der Waals surface area (Å²) < 4.78 is 28.3. The van der Waals surface area contributed by atoms with Gasteiger partial charge in [-0.05, 0) is 6.92 Å². The Balaban J connectivity index is 4.60. The first-order chi connectivity index (χ1) is 6.85. The van der Waals surface area contributed by atoms with E-state index in [0.717, 1.165) is 11.4 Å². The number of nitrogens with zero attached hydrogens (tertiary/aromatic N) is 2. The van der Waals surface area contributed by atoms with Gasteiger partial charge in [0.05, 0.1) is 19.6 Å². The molecule has 1 unspecified atom stereocenters. The first-order valence-electron chi connectivity index (χ1n) is 4.24. The van der Waals surface area contributed by atoms with E-state index in [2.05, 4.69) is 4.74 Å². The van der Waals surface area contributed by atoms with E-state index in [-0.39, 0.29) is 6.42 Å². The molecule has 0 fully saturated rings. The molecule has 6 nitrogen and oxygen atoms in total. The van der Waals surface area contributed by atoms with E-state index in [9.17, 15) is 13.2 Å². The van der Waals surface area contributed by atoms with Gasteiger partial charge in [0.2, 0.25) is 10.0 Å². The van der Waals surface area contributed by atoms with Crippen LogP contribution >= 0.6 is 0 Å². The van der Waals surface area contributed by atoms with Crippen molar-refractivity contribution >= 4 is 16.0 Å². The zero-order valence-corrected chi connectivity index (χ0v) is 9.74. The highest BCUT2D eigenvalue weighted by Crippen LogP contribution is 2.07. The average Bonchev–Trinajstić information content (AvgIpc) is 2.16. The number of esters is 1. The number of carbonyl (C=O) groups is 1. The van der Waals surface area contributed by atoms with E-state index in [1.54, 1.807) is 6.92 Å². The molecule has 0 aliphatic rings. The van der Waals surface area contributed by atoms with Crippen LogP contribution in [0.1, 0.15) is 13.3 Å². The maximum atomic E-state index is 11.5. The summed E-state index contributed by atoms with van der Waals surface area (Å²) >= 11 is 0. The average molecular weight is 234 g/mol. The lowest BCUT2D eigenvalue weighted by molar-refractivity contribution is -0.137. The van der Waals surface area contributed by atoms with Crippen molar-refractivity contribution < 1.29 is 17.9 Å². The minimum Gasteiger partial charge on any atom is -0.468 e. The second-order valence-corrected chi connectivity index (χ2v) is 5.09. The molecule has 0 saturated carbocycles. The van der Waals surface area contributed by atoms with E-state index in [0.29, 0.717) is 0 Å². The van der Waals surface area contributed by atoms with Crippen LogP contribution in [0.2, 0.25) is 0 Å². The number of nitriles is 1. The molecule has 1 atom stereocenters. The molecule has 0 aromatic heterocycles. The van der Waals surface area contributed by atoms with Crippen LogP contribution < -0.4 is 0 Å². The Morgan fingerprint density at radius 2 is 2.13 bits per heavy atom. The second kappa shape index (κ2) is 5.68.